The summed E-state index contributed by atoms with van der Waals surface area (Å²) in [5.74, 6) is -1.19. The van der Waals surface area contributed by atoms with E-state index in [4.69, 9.17) is 9.47 Å². The predicted molar refractivity (Wildman–Crippen MR) is 106 cm³/mol. The predicted octanol–water partition coefficient (Wildman–Crippen LogP) is 3.50. The second-order valence-corrected chi connectivity index (χ2v) is 8.07. The number of carbonyl (C=O) groups excluding carboxylic acids is 1. The number of fused-ring (bicyclic) bond motifs is 4. The van der Waals surface area contributed by atoms with Crippen LogP contribution in [0.5, 0.6) is 0 Å². The van der Waals surface area contributed by atoms with Crippen LogP contribution < -0.4 is 0 Å². The molecule has 0 aromatic heterocycles. The van der Waals surface area contributed by atoms with Crippen LogP contribution in [-0.4, -0.2) is 54.0 Å². The van der Waals surface area contributed by atoms with Crippen LogP contribution in [0.4, 0.5) is 4.79 Å². The van der Waals surface area contributed by atoms with Crippen molar-refractivity contribution < 1.29 is 24.2 Å². The second-order valence-electron chi connectivity index (χ2n) is 8.07. The highest BCUT2D eigenvalue weighted by Crippen LogP contribution is 2.45. The van der Waals surface area contributed by atoms with Gasteiger partial charge in [-0.25, -0.2) is 9.59 Å². The van der Waals surface area contributed by atoms with Crippen LogP contribution in [0.3, 0.4) is 0 Å². The van der Waals surface area contributed by atoms with Crippen molar-refractivity contribution in [3.05, 3.63) is 59.7 Å². The fraction of sp³-hybridized carbons (Fsp3) is 0.391. The van der Waals surface area contributed by atoms with Crippen LogP contribution in [-0.2, 0) is 14.3 Å². The van der Waals surface area contributed by atoms with Gasteiger partial charge in [0.15, 0.2) is 5.60 Å². The summed E-state index contributed by atoms with van der Waals surface area (Å²) in [6.45, 7) is 1.06. The first-order valence-electron chi connectivity index (χ1n) is 10.1. The lowest BCUT2D eigenvalue weighted by Gasteiger charge is -2.34. The lowest BCUT2D eigenvalue weighted by molar-refractivity contribution is -0.175. The van der Waals surface area contributed by atoms with Gasteiger partial charge in [-0.1, -0.05) is 48.5 Å². The topological polar surface area (TPSA) is 76.1 Å². The van der Waals surface area contributed by atoms with E-state index in [0.717, 1.165) is 24.0 Å². The molecule has 3 aliphatic rings. The van der Waals surface area contributed by atoms with Gasteiger partial charge in [-0.05, 0) is 35.1 Å². The van der Waals surface area contributed by atoms with E-state index < -0.39 is 17.7 Å². The zero-order valence-electron chi connectivity index (χ0n) is 16.0. The maximum Gasteiger partial charge on any atom is 0.409 e. The first-order chi connectivity index (χ1) is 14.1. The zero-order chi connectivity index (χ0) is 20.0. The lowest BCUT2D eigenvalue weighted by atomic mass is 9.85. The van der Waals surface area contributed by atoms with E-state index in [9.17, 15) is 14.7 Å². The molecule has 2 atom stereocenters. The number of hydrogen-bond acceptors (Lipinski definition) is 4. The van der Waals surface area contributed by atoms with Crippen molar-refractivity contribution >= 4 is 12.1 Å². The molecular weight excluding hydrogens is 370 g/mol. The minimum atomic E-state index is -1.29. The van der Waals surface area contributed by atoms with Gasteiger partial charge in [-0.2, -0.15) is 0 Å². The summed E-state index contributed by atoms with van der Waals surface area (Å²) in [6.07, 6.45) is 1.10. The van der Waals surface area contributed by atoms with E-state index in [0.29, 0.717) is 13.2 Å². The Morgan fingerprint density at radius 2 is 1.76 bits per heavy atom. The molecule has 1 amide bonds. The van der Waals surface area contributed by atoms with Gasteiger partial charge in [-0.3, -0.25) is 0 Å². The Balaban J connectivity index is 1.32. The number of carboxylic acid groups (broad SMARTS) is 1. The van der Waals surface area contributed by atoms with Crippen molar-refractivity contribution in [2.75, 3.05) is 26.3 Å². The van der Waals surface area contributed by atoms with E-state index in [1.165, 1.54) is 16.0 Å². The monoisotopic (exact) mass is 393 g/mol. The third-order valence-corrected chi connectivity index (χ3v) is 6.54. The molecule has 2 aromatic carbocycles. The molecule has 29 heavy (non-hydrogen) atoms. The van der Waals surface area contributed by atoms with Gasteiger partial charge in [0.1, 0.15) is 6.61 Å². The van der Waals surface area contributed by atoms with Crippen molar-refractivity contribution in [2.24, 2.45) is 5.92 Å². The van der Waals surface area contributed by atoms with Gasteiger partial charge in [0, 0.05) is 25.0 Å². The number of carbonyl (C=O) groups is 2. The number of nitrogens with zero attached hydrogens (tertiary/aromatic N) is 1. The summed E-state index contributed by atoms with van der Waals surface area (Å²) < 4.78 is 11.3. The van der Waals surface area contributed by atoms with E-state index in [2.05, 4.69) is 24.3 Å². The number of ether oxygens (including phenoxy) is 2. The Morgan fingerprint density at radius 3 is 2.38 bits per heavy atom. The average Bonchev–Trinajstić information content (AvgIpc) is 3.30. The smallest absolute Gasteiger partial charge is 0.409 e. The molecule has 2 fully saturated rings. The van der Waals surface area contributed by atoms with Crippen molar-refractivity contribution in [3.8, 4) is 11.1 Å². The Hall–Kier alpha value is -2.86. The summed E-state index contributed by atoms with van der Waals surface area (Å²) in [5.41, 5.74) is 3.37. The van der Waals surface area contributed by atoms with Gasteiger partial charge in [0.25, 0.3) is 0 Å². The molecule has 0 bridgehead atoms. The van der Waals surface area contributed by atoms with Gasteiger partial charge in [-0.15, -0.1) is 0 Å². The molecule has 0 saturated carbocycles. The quantitative estimate of drug-likeness (QED) is 0.864. The number of benzene rings is 2. The molecule has 1 aliphatic carbocycles. The normalized spacial score (nSPS) is 25.2. The van der Waals surface area contributed by atoms with E-state index >= 15 is 0 Å². The number of hydrogen-bond donors (Lipinski definition) is 1. The molecule has 2 saturated heterocycles. The third kappa shape index (κ3) is 2.82. The van der Waals surface area contributed by atoms with Gasteiger partial charge >= 0.3 is 12.1 Å². The lowest BCUT2D eigenvalue weighted by Crippen LogP contribution is -2.51. The molecule has 2 heterocycles. The Bertz CT molecular complexity index is 928. The number of likely N-dealkylation sites (tertiary alicyclic amines) is 1. The minimum Gasteiger partial charge on any atom is -0.479 e. The highest BCUT2D eigenvalue weighted by atomic mass is 16.6. The number of aliphatic carboxylic acids is 1. The summed E-state index contributed by atoms with van der Waals surface area (Å²) in [7, 11) is 0. The van der Waals surface area contributed by atoms with E-state index in [1.54, 1.807) is 0 Å². The SMILES string of the molecule is O=C(OCC1c2ccccc2-c2ccccc21)N1C[C@H]2CCCO[C@@]2(C(=O)O)C1. The molecule has 0 unspecified atom stereocenters. The van der Waals surface area contributed by atoms with Crippen molar-refractivity contribution in [2.45, 2.75) is 24.4 Å². The first-order valence-corrected chi connectivity index (χ1v) is 10.1. The van der Waals surface area contributed by atoms with Crippen molar-refractivity contribution in [1.29, 1.82) is 0 Å². The largest absolute Gasteiger partial charge is 0.479 e. The minimum absolute atomic E-state index is 0.0130. The molecule has 6 heteroatoms. The maximum atomic E-state index is 12.8. The van der Waals surface area contributed by atoms with E-state index in [-0.39, 0.29) is 25.0 Å². The molecule has 6 nitrogen and oxygen atoms in total. The molecule has 150 valence electrons. The maximum absolute atomic E-state index is 12.8. The fourth-order valence-electron chi connectivity index (χ4n) is 5.09. The molecule has 5 rings (SSSR count). The number of rotatable bonds is 3. The van der Waals surface area contributed by atoms with E-state index in [1.807, 2.05) is 24.3 Å². The van der Waals surface area contributed by atoms with Crippen LogP contribution in [0.25, 0.3) is 11.1 Å². The molecular formula is C23H23NO5. The fourth-order valence-corrected chi connectivity index (χ4v) is 5.09. The van der Waals surface area contributed by atoms with Crippen molar-refractivity contribution in [1.82, 2.24) is 4.90 Å². The molecule has 0 spiro atoms. The van der Waals surface area contributed by atoms with Gasteiger partial charge < -0.3 is 19.5 Å². The summed E-state index contributed by atoms with van der Waals surface area (Å²) in [6, 6.07) is 16.4. The van der Waals surface area contributed by atoms with Gasteiger partial charge in [0.05, 0.1) is 6.54 Å². The summed E-state index contributed by atoms with van der Waals surface area (Å²) in [5, 5.41) is 9.72. The Morgan fingerprint density at radius 1 is 1.10 bits per heavy atom. The first kappa shape index (κ1) is 18.2. The van der Waals surface area contributed by atoms with Crippen molar-refractivity contribution in [3.63, 3.8) is 0 Å². The second kappa shape index (κ2) is 6.88. The van der Waals surface area contributed by atoms with Crippen LogP contribution in [0, 0.1) is 5.92 Å². The van der Waals surface area contributed by atoms with Crippen LogP contribution in [0.1, 0.15) is 29.9 Å². The molecule has 0 radical (unpaired) electrons. The molecule has 2 aliphatic heterocycles. The van der Waals surface area contributed by atoms with Crippen LogP contribution in [0.2, 0.25) is 0 Å². The highest BCUT2D eigenvalue weighted by Gasteiger charge is 2.56. The molecule has 2 aromatic rings. The van der Waals surface area contributed by atoms with Gasteiger partial charge in [0.2, 0.25) is 0 Å². The zero-order valence-corrected chi connectivity index (χ0v) is 16.0. The van der Waals surface area contributed by atoms with Crippen LogP contribution >= 0.6 is 0 Å². The summed E-state index contributed by atoms with van der Waals surface area (Å²) >= 11 is 0. The third-order valence-electron chi connectivity index (χ3n) is 6.54. The number of carboxylic acids is 1. The Kier molecular flexibility index (Phi) is 4.32. The number of amides is 1. The average molecular weight is 393 g/mol. The summed E-state index contributed by atoms with van der Waals surface area (Å²) in [4.78, 5) is 26.2. The van der Waals surface area contributed by atoms with Crippen LogP contribution in [0.15, 0.2) is 48.5 Å². The Labute approximate surface area is 169 Å². The highest BCUT2D eigenvalue weighted by molar-refractivity contribution is 5.81. The standard InChI is InChI=1S/C23H23NO5/c25-21(26)23-14-24(12-15(23)6-5-11-29-23)22(27)28-13-20-18-9-3-1-7-16(18)17-8-2-4-10-19(17)20/h1-4,7-10,15,20H,5-6,11-14H2,(H,25,26)/t15-,23+/m1/s1. The molecule has 1 N–H and O–H groups in total.